The second-order valence-electron chi connectivity index (χ2n) is 8.51. The molecule has 5 nitrogen and oxygen atoms in total. The Bertz CT molecular complexity index is 1240. The fraction of sp³-hybridized carbons (Fsp3) is 0.222. The van der Waals surface area contributed by atoms with Crippen molar-refractivity contribution in [2.24, 2.45) is 0 Å². The zero-order valence-electron chi connectivity index (χ0n) is 18.8. The van der Waals surface area contributed by atoms with Crippen LogP contribution in [0.15, 0.2) is 85.3 Å². The first-order valence-electron chi connectivity index (χ1n) is 11.2. The normalized spacial score (nSPS) is 17.9. The summed E-state index contributed by atoms with van der Waals surface area (Å²) >= 11 is 5.84. The lowest BCUT2D eigenvalue weighted by atomic mass is 9.96. The maximum absolute atomic E-state index is 5.84. The van der Waals surface area contributed by atoms with Crippen molar-refractivity contribution in [3.63, 3.8) is 0 Å². The SMILES string of the molecule is Cc1cc([C@@H]2[C@@H](c3ccccn3)NC(=S)N2Cc2cccnc2)c(C)n1Cc1ccccc1. The molecule has 2 atom stereocenters. The molecule has 0 bridgehead atoms. The van der Waals surface area contributed by atoms with Crippen LogP contribution in [0.3, 0.4) is 0 Å². The van der Waals surface area contributed by atoms with Gasteiger partial charge in [-0.3, -0.25) is 9.97 Å². The van der Waals surface area contributed by atoms with Crippen LogP contribution >= 0.6 is 12.2 Å². The summed E-state index contributed by atoms with van der Waals surface area (Å²) in [4.78, 5) is 11.3. The lowest BCUT2D eigenvalue weighted by Gasteiger charge is -2.28. The van der Waals surface area contributed by atoms with E-state index in [4.69, 9.17) is 12.2 Å². The van der Waals surface area contributed by atoms with Crippen molar-refractivity contribution < 1.29 is 0 Å². The van der Waals surface area contributed by atoms with E-state index in [1.54, 1.807) is 6.20 Å². The predicted molar refractivity (Wildman–Crippen MR) is 135 cm³/mol. The lowest BCUT2D eigenvalue weighted by molar-refractivity contribution is 0.309. The molecule has 1 N–H and O–H groups in total. The van der Waals surface area contributed by atoms with Crippen LogP contribution in [0.25, 0.3) is 0 Å². The molecule has 0 amide bonds. The van der Waals surface area contributed by atoms with Crippen LogP contribution < -0.4 is 5.32 Å². The molecule has 1 aromatic carbocycles. The van der Waals surface area contributed by atoms with E-state index in [0.29, 0.717) is 6.54 Å². The first kappa shape index (κ1) is 21.3. The Labute approximate surface area is 200 Å². The Balaban J connectivity index is 1.56. The smallest absolute Gasteiger partial charge is 0.170 e. The molecule has 33 heavy (non-hydrogen) atoms. The van der Waals surface area contributed by atoms with Gasteiger partial charge in [0.1, 0.15) is 0 Å². The van der Waals surface area contributed by atoms with Gasteiger partial charge in [0.2, 0.25) is 0 Å². The fourth-order valence-corrected chi connectivity index (χ4v) is 5.04. The largest absolute Gasteiger partial charge is 0.352 e. The third kappa shape index (κ3) is 4.26. The minimum absolute atomic E-state index is 0.0268. The zero-order chi connectivity index (χ0) is 22.8. The number of aromatic nitrogens is 3. The minimum Gasteiger partial charge on any atom is -0.352 e. The first-order chi connectivity index (χ1) is 16.1. The Morgan fingerprint density at radius 2 is 1.70 bits per heavy atom. The van der Waals surface area contributed by atoms with Gasteiger partial charge in [0, 0.05) is 43.1 Å². The number of nitrogens with one attached hydrogen (secondary N) is 1. The van der Waals surface area contributed by atoms with Gasteiger partial charge in [-0.05, 0) is 67.0 Å². The maximum Gasteiger partial charge on any atom is 0.170 e. The average Bonchev–Trinajstić information content (AvgIpc) is 3.31. The van der Waals surface area contributed by atoms with E-state index in [9.17, 15) is 0 Å². The van der Waals surface area contributed by atoms with Crippen molar-refractivity contribution >= 4 is 17.3 Å². The summed E-state index contributed by atoms with van der Waals surface area (Å²) in [6, 6.07) is 23.0. The molecular formula is C27H27N5S. The second-order valence-corrected chi connectivity index (χ2v) is 8.90. The maximum atomic E-state index is 5.84. The van der Waals surface area contributed by atoms with E-state index >= 15 is 0 Å². The quantitative estimate of drug-likeness (QED) is 0.411. The number of thiocarbonyl (C=S) groups is 1. The third-order valence-corrected chi connectivity index (χ3v) is 6.74. The highest BCUT2D eigenvalue weighted by atomic mass is 32.1. The Morgan fingerprint density at radius 3 is 2.42 bits per heavy atom. The van der Waals surface area contributed by atoms with Crippen LogP contribution in [-0.2, 0) is 13.1 Å². The van der Waals surface area contributed by atoms with Gasteiger partial charge >= 0.3 is 0 Å². The molecule has 0 aliphatic carbocycles. The number of nitrogens with zero attached hydrogens (tertiary/aromatic N) is 4. The Kier molecular flexibility index (Phi) is 5.92. The van der Waals surface area contributed by atoms with E-state index in [1.807, 2.05) is 30.6 Å². The van der Waals surface area contributed by atoms with Crippen molar-refractivity contribution in [2.45, 2.75) is 39.0 Å². The average molecular weight is 454 g/mol. The molecule has 0 saturated carbocycles. The van der Waals surface area contributed by atoms with Gasteiger partial charge in [0.15, 0.2) is 5.11 Å². The highest BCUT2D eigenvalue weighted by Gasteiger charge is 2.41. The molecule has 1 fully saturated rings. The number of pyridine rings is 2. The summed E-state index contributed by atoms with van der Waals surface area (Å²) < 4.78 is 2.39. The number of rotatable bonds is 6. The molecule has 1 aliphatic heterocycles. The van der Waals surface area contributed by atoms with Crippen molar-refractivity contribution in [3.8, 4) is 0 Å². The van der Waals surface area contributed by atoms with E-state index in [2.05, 4.69) is 87.1 Å². The van der Waals surface area contributed by atoms with Gasteiger partial charge in [-0.1, -0.05) is 42.5 Å². The molecule has 0 unspecified atom stereocenters. The molecular weight excluding hydrogens is 426 g/mol. The molecule has 166 valence electrons. The Morgan fingerprint density at radius 1 is 0.909 bits per heavy atom. The number of hydrogen-bond acceptors (Lipinski definition) is 3. The van der Waals surface area contributed by atoms with Gasteiger partial charge in [-0.2, -0.15) is 0 Å². The van der Waals surface area contributed by atoms with Crippen molar-refractivity contribution in [3.05, 3.63) is 119 Å². The molecule has 4 aromatic rings. The van der Waals surface area contributed by atoms with E-state index in [-0.39, 0.29) is 12.1 Å². The van der Waals surface area contributed by atoms with Gasteiger partial charge in [0.05, 0.1) is 17.8 Å². The molecule has 3 aromatic heterocycles. The summed E-state index contributed by atoms with van der Waals surface area (Å²) in [5.74, 6) is 0. The van der Waals surface area contributed by atoms with Crippen LogP contribution in [0, 0.1) is 13.8 Å². The van der Waals surface area contributed by atoms with E-state index in [1.165, 1.54) is 22.5 Å². The van der Waals surface area contributed by atoms with Crippen LogP contribution in [0.1, 0.15) is 45.9 Å². The van der Waals surface area contributed by atoms with Gasteiger partial charge in [0.25, 0.3) is 0 Å². The molecule has 1 saturated heterocycles. The predicted octanol–water partition coefficient (Wildman–Crippen LogP) is 5.12. The van der Waals surface area contributed by atoms with Crippen LogP contribution in [0.4, 0.5) is 0 Å². The van der Waals surface area contributed by atoms with Gasteiger partial charge in [-0.25, -0.2) is 0 Å². The molecule has 5 rings (SSSR count). The monoisotopic (exact) mass is 453 g/mol. The van der Waals surface area contributed by atoms with Crippen LogP contribution in [-0.4, -0.2) is 24.5 Å². The molecule has 0 radical (unpaired) electrons. The lowest BCUT2D eigenvalue weighted by Crippen LogP contribution is -2.29. The number of aryl methyl sites for hydroxylation is 1. The van der Waals surface area contributed by atoms with Gasteiger partial charge in [-0.15, -0.1) is 0 Å². The number of hydrogen-bond donors (Lipinski definition) is 1. The fourth-order valence-electron chi connectivity index (χ4n) is 4.74. The second kappa shape index (κ2) is 9.16. The molecule has 4 heterocycles. The summed E-state index contributed by atoms with van der Waals surface area (Å²) in [7, 11) is 0. The van der Waals surface area contributed by atoms with Crippen LogP contribution in [0.5, 0.6) is 0 Å². The van der Waals surface area contributed by atoms with Crippen molar-refractivity contribution in [2.75, 3.05) is 0 Å². The minimum atomic E-state index is -0.0268. The standard InChI is InChI=1S/C27H27N5S/c1-19-15-23(20(2)31(19)17-21-9-4-3-5-10-21)26-25(24-12-6-7-14-29-24)30-27(33)32(26)18-22-11-8-13-28-16-22/h3-16,25-26H,17-18H2,1-2H3,(H,30,33)/t25-,26-/m1/s1. The summed E-state index contributed by atoms with van der Waals surface area (Å²) in [5.41, 5.74) is 7.18. The van der Waals surface area contributed by atoms with Gasteiger partial charge < -0.3 is 14.8 Å². The topological polar surface area (TPSA) is 46.0 Å². The first-order valence-corrected chi connectivity index (χ1v) is 11.6. The molecule has 6 heteroatoms. The van der Waals surface area contributed by atoms with E-state index in [0.717, 1.165) is 22.9 Å². The molecule has 1 aliphatic rings. The highest BCUT2D eigenvalue weighted by Crippen LogP contribution is 2.41. The summed E-state index contributed by atoms with van der Waals surface area (Å²) in [6.07, 6.45) is 5.56. The highest BCUT2D eigenvalue weighted by molar-refractivity contribution is 7.80. The number of benzene rings is 1. The summed E-state index contributed by atoms with van der Waals surface area (Å²) in [6.45, 7) is 5.93. The van der Waals surface area contributed by atoms with E-state index < -0.39 is 0 Å². The Hall–Kier alpha value is -3.51. The van der Waals surface area contributed by atoms with Crippen LogP contribution in [0.2, 0.25) is 0 Å². The summed E-state index contributed by atoms with van der Waals surface area (Å²) in [5, 5.41) is 4.30. The third-order valence-electron chi connectivity index (χ3n) is 6.39. The van der Waals surface area contributed by atoms with Crippen molar-refractivity contribution in [1.29, 1.82) is 0 Å². The molecule has 0 spiro atoms. The van der Waals surface area contributed by atoms with Crippen molar-refractivity contribution in [1.82, 2.24) is 24.8 Å². The zero-order valence-corrected chi connectivity index (χ0v) is 19.7.